The third-order valence-electron chi connectivity index (χ3n) is 4.20. The normalized spacial score (nSPS) is 11.0. The molecule has 0 aliphatic carbocycles. The van der Waals surface area contributed by atoms with E-state index in [2.05, 4.69) is 0 Å². The number of benzene rings is 3. The van der Waals surface area contributed by atoms with Crippen LogP contribution in [0, 0.1) is 0 Å². The van der Waals surface area contributed by atoms with Crippen LogP contribution in [-0.2, 0) is 0 Å². The summed E-state index contributed by atoms with van der Waals surface area (Å²) in [6, 6.07) is 18.1. The summed E-state index contributed by atoms with van der Waals surface area (Å²) in [5.41, 5.74) is 2.05. The molecule has 0 radical (unpaired) electrons. The summed E-state index contributed by atoms with van der Waals surface area (Å²) in [4.78, 5) is 23.1. The van der Waals surface area contributed by atoms with Gasteiger partial charge >= 0.3 is 11.9 Å². The van der Waals surface area contributed by atoms with Crippen LogP contribution in [0.3, 0.4) is 0 Å². The minimum absolute atomic E-state index is 0.254. The van der Waals surface area contributed by atoms with Crippen LogP contribution in [0.1, 0.15) is 20.0 Å². The summed E-state index contributed by atoms with van der Waals surface area (Å²) in [5, 5.41) is 21.0. The van der Waals surface area contributed by atoms with Crippen molar-refractivity contribution < 1.29 is 19.8 Å². The molecule has 1 heterocycles. The van der Waals surface area contributed by atoms with Crippen molar-refractivity contribution in [1.82, 2.24) is 0 Å². The van der Waals surface area contributed by atoms with Crippen LogP contribution < -0.4 is 0 Å². The van der Waals surface area contributed by atoms with Crippen molar-refractivity contribution in [2.24, 2.45) is 0 Å². The number of aromatic carboxylic acids is 2. The summed E-state index contributed by atoms with van der Waals surface area (Å²) >= 11 is 1.23. The SMILES string of the molecule is O=C(O)c1cc2cccc(-c3ccc(C(=O)O)c4ccccc34)c2s1. The highest BCUT2D eigenvalue weighted by atomic mass is 32.1. The van der Waals surface area contributed by atoms with Crippen molar-refractivity contribution in [3.05, 3.63) is 71.1 Å². The Morgan fingerprint density at radius 3 is 2.24 bits per heavy atom. The van der Waals surface area contributed by atoms with Crippen LogP contribution in [0.4, 0.5) is 0 Å². The molecule has 3 aromatic carbocycles. The van der Waals surface area contributed by atoms with Gasteiger partial charge in [0.1, 0.15) is 4.88 Å². The van der Waals surface area contributed by atoms with E-state index in [1.54, 1.807) is 24.3 Å². The minimum Gasteiger partial charge on any atom is -0.478 e. The highest BCUT2D eigenvalue weighted by Gasteiger charge is 2.16. The van der Waals surface area contributed by atoms with Gasteiger partial charge in [-0.1, -0.05) is 48.5 Å². The lowest BCUT2D eigenvalue weighted by molar-refractivity contribution is 0.0689. The molecule has 0 fully saturated rings. The molecule has 0 saturated heterocycles. The number of hydrogen-bond donors (Lipinski definition) is 2. The van der Waals surface area contributed by atoms with E-state index < -0.39 is 11.9 Å². The van der Waals surface area contributed by atoms with Crippen LogP contribution in [0.5, 0.6) is 0 Å². The molecule has 4 aromatic rings. The van der Waals surface area contributed by atoms with Gasteiger partial charge in [-0.2, -0.15) is 0 Å². The first-order valence-electron chi connectivity index (χ1n) is 7.57. The maximum Gasteiger partial charge on any atom is 0.345 e. The van der Waals surface area contributed by atoms with E-state index in [9.17, 15) is 19.8 Å². The first kappa shape index (κ1) is 15.4. The fraction of sp³-hybridized carbons (Fsp3) is 0. The van der Waals surface area contributed by atoms with Gasteiger partial charge in [0, 0.05) is 10.3 Å². The molecule has 0 saturated carbocycles. The van der Waals surface area contributed by atoms with Crippen molar-refractivity contribution in [2.75, 3.05) is 0 Å². The van der Waals surface area contributed by atoms with E-state index in [4.69, 9.17) is 0 Å². The summed E-state index contributed by atoms with van der Waals surface area (Å²) in [6.07, 6.45) is 0. The molecule has 4 nitrogen and oxygen atoms in total. The summed E-state index contributed by atoms with van der Waals surface area (Å²) in [5.74, 6) is -1.91. The fourth-order valence-corrected chi connectivity index (χ4v) is 4.13. The molecule has 122 valence electrons. The Bertz CT molecular complexity index is 1160. The van der Waals surface area contributed by atoms with Crippen molar-refractivity contribution in [3.63, 3.8) is 0 Å². The predicted molar refractivity (Wildman–Crippen MR) is 98.7 cm³/mol. The molecular formula is C20H12O4S. The number of carboxylic acid groups (broad SMARTS) is 2. The van der Waals surface area contributed by atoms with Gasteiger partial charge in [-0.05, 0) is 33.9 Å². The van der Waals surface area contributed by atoms with Gasteiger partial charge in [0.2, 0.25) is 0 Å². The molecule has 1 aromatic heterocycles. The molecule has 0 bridgehead atoms. The molecule has 0 atom stereocenters. The van der Waals surface area contributed by atoms with Crippen LogP contribution in [0.15, 0.2) is 60.7 Å². The van der Waals surface area contributed by atoms with Gasteiger partial charge in [0.05, 0.1) is 5.56 Å². The summed E-state index contributed by atoms with van der Waals surface area (Å²) in [7, 11) is 0. The molecule has 0 aliphatic rings. The van der Waals surface area contributed by atoms with E-state index in [1.807, 2.05) is 36.4 Å². The van der Waals surface area contributed by atoms with Gasteiger partial charge in [-0.15, -0.1) is 11.3 Å². The lowest BCUT2D eigenvalue weighted by Crippen LogP contribution is -1.98. The second-order valence-corrected chi connectivity index (χ2v) is 6.70. The average Bonchev–Trinajstić information content (AvgIpc) is 3.05. The van der Waals surface area contributed by atoms with Crippen molar-refractivity contribution >= 4 is 44.1 Å². The van der Waals surface area contributed by atoms with E-state index >= 15 is 0 Å². The highest BCUT2D eigenvalue weighted by molar-refractivity contribution is 7.21. The Labute approximate surface area is 146 Å². The number of rotatable bonds is 3. The molecule has 2 N–H and O–H groups in total. The second kappa shape index (κ2) is 5.72. The lowest BCUT2D eigenvalue weighted by atomic mass is 9.94. The van der Waals surface area contributed by atoms with E-state index in [1.165, 1.54) is 11.3 Å². The molecule has 0 unspecified atom stereocenters. The van der Waals surface area contributed by atoms with Crippen LogP contribution in [-0.4, -0.2) is 22.2 Å². The molecule has 5 heteroatoms. The van der Waals surface area contributed by atoms with Crippen molar-refractivity contribution in [3.8, 4) is 11.1 Å². The van der Waals surface area contributed by atoms with Crippen LogP contribution >= 0.6 is 11.3 Å². The average molecular weight is 348 g/mol. The molecule has 0 spiro atoms. The summed E-state index contributed by atoms with van der Waals surface area (Å²) < 4.78 is 0.883. The molecular weight excluding hydrogens is 336 g/mol. The van der Waals surface area contributed by atoms with E-state index in [0.29, 0.717) is 5.39 Å². The summed E-state index contributed by atoms with van der Waals surface area (Å²) in [6.45, 7) is 0. The maximum absolute atomic E-state index is 11.5. The van der Waals surface area contributed by atoms with Crippen molar-refractivity contribution in [1.29, 1.82) is 0 Å². The molecule has 0 amide bonds. The Hall–Kier alpha value is -3.18. The highest BCUT2D eigenvalue weighted by Crippen LogP contribution is 2.38. The number of carbonyl (C=O) groups is 2. The lowest BCUT2D eigenvalue weighted by Gasteiger charge is -2.10. The van der Waals surface area contributed by atoms with E-state index in [0.717, 1.165) is 26.6 Å². The van der Waals surface area contributed by atoms with Crippen LogP contribution in [0.25, 0.3) is 32.0 Å². The van der Waals surface area contributed by atoms with Gasteiger partial charge in [0.25, 0.3) is 0 Å². The van der Waals surface area contributed by atoms with Crippen molar-refractivity contribution in [2.45, 2.75) is 0 Å². The molecule has 0 aliphatic heterocycles. The quantitative estimate of drug-likeness (QED) is 0.539. The van der Waals surface area contributed by atoms with Gasteiger partial charge in [-0.3, -0.25) is 0 Å². The smallest absolute Gasteiger partial charge is 0.345 e. The number of carboxylic acids is 2. The first-order valence-corrected chi connectivity index (χ1v) is 8.39. The molecule has 25 heavy (non-hydrogen) atoms. The third kappa shape index (κ3) is 2.45. The largest absolute Gasteiger partial charge is 0.478 e. The van der Waals surface area contributed by atoms with E-state index in [-0.39, 0.29) is 10.4 Å². The second-order valence-electron chi connectivity index (χ2n) is 5.65. The first-order chi connectivity index (χ1) is 12.1. The van der Waals surface area contributed by atoms with Gasteiger partial charge in [0.15, 0.2) is 0 Å². The Morgan fingerprint density at radius 1 is 0.760 bits per heavy atom. The molecule has 4 rings (SSSR count). The van der Waals surface area contributed by atoms with Gasteiger partial charge < -0.3 is 10.2 Å². The fourth-order valence-electron chi connectivity index (χ4n) is 3.10. The zero-order valence-corrected chi connectivity index (χ0v) is 13.7. The zero-order valence-electron chi connectivity index (χ0n) is 12.9. The third-order valence-corrected chi connectivity index (χ3v) is 5.37. The monoisotopic (exact) mass is 348 g/mol. The number of thiophene rings is 1. The Kier molecular flexibility index (Phi) is 3.51. The predicted octanol–water partition coefficient (Wildman–Crippen LogP) is 5.12. The van der Waals surface area contributed by atoms with Crippen LogP contribution in [0.2, 0.25) is 0 Å². The van der Waals surface area contributed by atoms with Gasteiger partial charge in [-0.25, -0.2) is 9.59 Å². The number of hydrogen-bond acceptors (Lipinski definition) is 3. The Morgan fingerprint density at radius 2 is 1.52 bits per heavy atom. The Balaban J connectivity index is 2.06. The minimum atomic E-state index is -0.967. The number of fused-ring (bicyclic) bond motifs is 2. The topological polar surface area (TPSA) is 74.6 Å². The zero-order chi connectivity index (χ0) is 17.6. The maximum atomic E-state index is 11.5. The standard InChI is InChI=1S/C20H12O4S/c21-19(22)16-9-8-14(12-5-1-2-6-13(12)16)15-7-3-4-11-10-17(20(23)24)25-18(11)15/h1-10H,(H,21,22)(H,23,24).